The van der Waals surface area contributed by atoms with Crippen LogP contribution in [0.25, 0.3) is 10.2 Å². The van der Waals surface area contributed by atoms with Crippen molar-refractivity contribution in [2.24, 2.45) is 0 Å². The molecule has 1 aliphatic heterocycles. The Morgan fingerprint density at radius 2 is 1.83 bits per heavy atom. The lowest BCUT2D eigenvalue weighted by Crippen LogP contribution is -2.40. The van der Waals surface area contributed by atoms with Gasteiger partial charge in [0.15, 0.2) is 0 Å². The van der Waals surface area contributed by atoms with Crippen LogP contribution in [-0.2, 0) is 13.1 Å². The lowest BCUT2D eigenvalue weighted by molar-refractivity contribution is -0.136. The van der Waals surface area contributed by atoms with Crippen LogP contribution < -0.4 is 11.2 Å². The smallest absolute Gasteiger partial charge is 0.390 e. The number of alkyl halides is 3. The quantitative estimate of drug-likeness (QED) is 0.801. The first-order valence-corrected chi connectivity index (χ1v) is 10.2. The minimum absolute atomic E-state index is 0.0161. The summed E-state index contributed by atoms with van der Waals surface area (Å²) in [5.74, 6) is -0.340. The number of hydrogen-bond acceptors (Lipinski definition) is 5. The Balaban J connectivity index is 2.14. The fourth-order valence-corrected chi connectivity index (χ4v) is 4.81. The summed E-state index contributed by atoms with van der Waals surface area (Å²) in [6.45, 7) is 3.24. The maximum absolute atomic E-state index is 13.0. The van der Waals surface area contributed by atoms with Gasteiger partial charge in [-0.1, -0.05) is 0 Å². The van der Waals surface area contributed by atoms with Crippen molar-refractivity contribution < 1.29 is 23.1 Å². The summed E-state index contributed by atoms with van der Waals surface area (Å²) in [7, 11) is 0. The number of aryl methyl sites for hydroxylation is 2. The van der Waals surface area contributed by atoms with Crippen LogP contribution >= 0.6 is 11.3 Å². The largest absolute Gasteiger partial charge is 0.393 e. The number of carbonyl (C=O) groups is 1. The summed E-state index contributed by atoms with van der Waals surface area (Å²) in [5, 5.41) is 9.73. The number of thiophene rings is 1. The first-order valence-electron chi connectivity index (χ1n) is 9.36. The molecule has 160 valence electrons. The number of nitrogens with zero attached hydrogens (tertiary/aromatic N) is 3. The second kappa shape index (κ2) is 7.94. The van der Waals surface area contributed by atoms with E-state index in [-0.39, 0.29) is 27.5 Å². The number of fused-ring (bicyclic) bond motifs is 1. The third-order valence-corrected chi connectivity index (χ3v) is 6.48. The number of amides is 1. The molecule has 0 bridgehead atoms. The maximum Gasteiger partial charge on any atom is 0.390 e. The predicted molar refractivity (Wildman–Crippen MR) is 103 cm³/mol. The zero-order valence-electron chi connectivity index (χ0n) is 16.1. The van der Waals surface area contributed by atoms with Crippen molar-refractivity contribution in [1.82, 2.24) is 14.0 Å². The third-order valence-electron chi connectivity index (χ3n) is 5.18. The lowest BCUT2D eigenvalue weighted by Gasteiger charge is -2.29. The van der Waals surface area contributed by atoms with E-state index in [1.165, 1.54) is 0 Å². The number of aromatic nitrogens is 2. The molecule has 11 heteroatoms. The Morgan fingerprint density at radius 3 is 2.38 bits per heavy atom. The first-order chi connectivity index (χ1) is 13.5. The fourth-order valence-electron chi connectivity index (χ4n) is 3.53. The van der Waals surface area contributed by atoms with Gasteiger partial charge < -0.3 is 10.0 Å². The highest BCUT2D eigenvalue weighted by atomic mass is 32.1. The van der Waals surface area contributed by atoms with Gasteiger partial charge in [0.2, 0.25) is 0 Å². The Hall–Kier alpha value is -2.14. The molecular weight excluding hydrogens is 411 g/mol. The third kappa shape index (κ3) is 4.11. The molecule has 0 spiro atoms. The molecule has 0 aromatic carbocycles. The maximum atomic E-state index is 13.0. The number of aliphatic hydroxyl groups is 1. The van der Waals surface area contributed by atoms with E-state index in [9.17, 15) is 32.7 Å². The summed E-state index contributed by atoms with van der Waals surface area (Å²) in [6, 6.07) is 0. The molecule has 1 amide bonds. The minimum Gasteiger partial charge on any atom is -0.393 e. The molecule has 1 aliphatic rings. The number of aliphatic hydroxyl groups excluding tert-OH is 1. The van der Waals surface area contributed by atoms with Gasteiger partial charge in [-0.15, -0.1) is 11.3 Å². The molecule has 0 aliphatic carbocycles. The molecule has 1 fully saturated rings. The topological polar surface area (TPSA) is 84.5 Å². The summed E-state index contributed by atoms with van der Waals surface area (Å²) >= 11 is 0.880. The van der Waals surface area contributed by atoms with E-state index < -0.39 is 36.5 Å². The highest BCUT2D eigenvalue weighted by Crippen LogP contribution is 2.30. The van der Waals surface area contributed by atoms with E-state index in [0.717, 1.165) is 20.5 Å². The number of rotatable bonds is 4. The van der Waals surface area contributed by atoms with E-state index in [1.807, 2.05) is 0 Å². The molecule has 0 radical (unpaired) electrons. The van der Waals surface area contributed by atoms with Crippen LogP contribution in [0.5, 0.6) is 0 Å². The van der Waals surface area contributed by atoms with E-state index in [1.54, 1.807) is 18.7 Å². The number of hydrogen-bond donors (Lipinski definition) is 1. The summed E-state index contributed by atoms with van der Waals surface area (Å²) in [6.07, 6.45) is -5.26. The van der Waals surface area contributed by atoms with Gasteiger partial charge in [-0.25, -0.2) is 4.79 Å². The number of likely N-dealkylation sites (tertiary alicyclic amines) is 1. The van der Waals surface area contributed by atoms with Gasteiger partial charge in [0, 0.05) is 26.2 Å². The van der Waals surface area contributed by atoms with E-state index in [2.05, 4.69) is 0 Å². The molecule has 7 nitrogen and oxygen atoms in total. The number of carbonyl (C=O) groups excluding carboxylic acids is 1. The average Bonchev–Trinajstić information content (AvgIpc) is 2.98. The molecule has 0 atom stereocenters. The number of piperidine rings is 1. The molecule has 0 unspecified atom stereocenters. The van der Waals surface area contributed by atoms with Crippen molar-refractivity contribution in [2.75, 3.05) is 13.1 Å². The van der Waals surface area contributed by atoms with Crippen molar-refractivity contribution >= 4 is 27.5 Å². The molecule has 29 heavy (non-hydrogen) atoms. The molecule has 3 rings (SSSR count). The van der Waals surface area contributed by atoms with Crippen molar-refractivity contribution in [3.63, 3.8) is 0 Å². The fraction of sp³-hybridized carbons (Fsp3) is 0.611. The molecule has 2 aromatic rings. The normalized spacial score (nSPS) is 16.0. The highest BCUT2D eigenvalue weighted by molar-refractivity contribution is 7.20. The van der Waals surface area contributed by atoms with Gasteiger partial charge >= 0.3 is 11.9 Å². The van der Waals surface area contributed by atoms with Gasteiger partial charge in [-0.3, -0.25) is 18.7 Å². The molecule has 3 heterocycles. The lowest BCUT2D eigenvalue weighted by atomic mass is 10.1. The summed E-state index contributed by atoms with van der Waals surface area (Å²) in [5.41, 5.74) is -1.04. The standard InChI is InChI=1S/C18H22F3N3O4S/c1-3-23-14(26)12-10(2)13(15(27)22-7-4-11(25)5-8-22)29-16(12)24(17(23)28)9-6-18(19,20)21/h11,25H,3-9H2,1-2H3. The van der Waals surface area contributed by atoms with Crippen molar-refractivity contribution in [1.29, 1.82) is 0 Å². The van der Waals surface area contributed by atoms with Crippen LogP contribution in [-0.4, -0.2) is 50.4 Å². The molecular formula is C18H22F3N3O4S. The summed E-state index contributed by atoms with van der Waals surface area (Å²) in [4.78, 5) is 40.2. The zero-order valence-corrected chi connectivity index (χ0v) is 16.9. The predicted octanol–water partition coefficient (Wildman–Crippen LogP) is 2.10. The monoisotopic (exact) mass is 433 g/mol. The molecule has 2 aromatic heterocycles. The SMILES string of the molecule is CCn1c(=O)c2c(C)c(C(=O)N3CCC(O)CC3)sc2n(CCC(F)(F)F)c1=O. The van der Waals surface area contributed by atoms with Crippen molar-refractivity contribution in [3.8, 4) is 0 Å². The number of halogens is 3. The molecule has 0 saturated carbocycles. The first kappa shape index (κ1) is 21.6. The van der Waals surface area contributed by atoms with Crippen LogP contribution in [0.15, 0.2) is 9.59 Å². The second-order valence-electron chi connectivity index (χ2n) is 7.11. The average molecular weight is 433 g/mol. The van der Waals surface area contributed by atoms with Gasteiger partial charge in [0.1, 0.15) is 4.83 Å². The summed E-state index contributed by atoms with van der Waals surface area (Å²) < 4.78 is 40.1. The Kier molecular flexibility index (Phi) is 5.91. The molecule has 1 saturated heterocycles. The van der Waals surface area contributed by atoms with Crippen LogP contribution in [0, 0.1) is 6.92 Å². The van der Waals surface area contributed by atoms with Crippen LogP contribution in [0.4, 0.5) is 13.2 Å². The highest BCUT2D eigenvalue weighted by Gasteiger charge is 2.30. The van der Waals surface area contributed by atoms with Crippen molar-refractivity contribution in [3.05, 3.63) is 31.3 Å². The van der Waals surface area contributed by atoms with Crippen LogP contribution in [0.3, 0.4) is 0 Å². The molecule has 1 N–H and O–H groups in total. The Labute approximate surface area is 168 Å². The second-order valence-corrected chi connectivity index (χ2v) is 8.11. The van der Waals surface area contributed by atoms with Crippen molar-refractivity contribution in [2.45, 2.75) is 58.5 Å². The van der Waals surface area contributed by atoms with E-state index in [0.29, 0.717) is 31.5 Å². The van der Waals surface area contributed by atoms with Gasteiger partial charge in [0.05, 0.1) is 22.8 Å². The Bertz CT molecular complexity index is 1050. The Morgan fingerprint density at radius 1 is 1.21 bits per heavy atom. The minimum atomic E-state index is -4.46. The van der Waals surface area contributed by atoms with Crippen LogP contribution in [0.2, 0.25) is 0 Å². The van der Waals surface area contributed by atoms with Gasteiger partial charge in [0.25, 0.3) is 11.5 Å². The van der Waals surface area contributed by atoms with E-state index in [4.69, 9.17) is 0 Å². The van der Waals surface area contributed by atoms with Crippen LogP contribution in [0.1, 0.15) is 41.4 Å². The van der Waals surface area contributed by atoms with E-state index >= 15 is 0 Å². The van der Waals surface area contributed by atoms with Gasteiger partial charge in [-0.2, -0.15) is 13.2 Å². The zero-order chi connectivity index (χ0) is 21.5. The van der Waals surface area contributed by atoms with Gasteiger partial charge in [-0.05, 0) is 32.3 Å².